The number of nitrogens with zero attached hydrogens (tertiary/aromatic N) is 2. The zero-order valence-corrected chi connectivity index (χ0v) is 15.5. The Morgan fingerprint density at radius 1 is 0.958 bits per heavy atom. The number of aromatic nitrogens is 2. The molecule has 2 rings (SSSR count). The Morgan fingerprint density at radius 3 is 2.33 bits per heavy atom. The molecule has 2 heteroatoms. The van der Waals surface area contributed by atoms with Crippen molar-refractivity contribution in [2.24, 2.45) is 5.92 Å². The highest BCUT2D eigenvalue weighted by atomic mass is 15.1. The van der Waals surface area contributed by atoms with Crippen LogP contribution in [0.2, 0.25) is 0 Å². The lowest BCUT2D eigenvalue weighted by atomic mass is 9.90. The van der Waals surface area contributed by atoms with E-state index in [4.69, 9.17) is 0 Å². The molecule has 2 atom stereocenters. The van der Waals surface area contributed by atoms with Crippen molar-refractivity contribution in [1.29, 1.82) is 0 Å². The number of rotatable bonds is 12. The molecule has 2 aromatic rings. The minimum Gasteiger partial charge on any atom is -0.334 e. The second-order valence-electron chi connectivity index (χ2n) is 7.15. The Bertz CT molecular complexity index is 518. The van der Waals surface area contributed by atoms with Crippen LogP contribution in [-0.2, 0) is 6.42 Å². The van der Waals surface area contributed by atoms with Crippen molar-refractivity contribution in [3.05, 3.63) is 54.6 Å². The molecule has 2 nitrogen and oxygen atoms in total. The van der Waals surface area contributed by atoms with Gasteiger partial charge >= 0.3 is 0 Å². The van der Waals surface area contributed by atoms with E-state index in [1.54, 1.807) is 0 Å². The second-order valence-corrected chi connectivity index (χ2v) is 7.15. The van der Waals surface area contributed by atoms with Gasteiger partial charge < -0.3 is 4.57 Å². The molecule has 0 aliphatic heterocycles. The maximum Gasteiger partial charge on any atom is 0.0948 e. The Labute approximate surface area is 148 Å². The largest absolute Gasteiger partial charge is 0.334 e. The molecule has 0 aliphatic rings. The van der Waals surface area contributed by atoms with E-state index in [1.165, 1.54) is 56.9 Å². The molecule has 24 heavy (non-hydrogen) atoms. The maximum atomic E-state index is 4.27. The van der Waals surface area contributed by atoms with Gasteiger partial charge in [-0.15, -0.1) is 0 Å². The standard InChI is InChI=1S/C22H34N2/c1-3-4-5-6-7-8-12-15-22(24-17-16-23-19-24)20(2)18-21-13-10-9-11-14-21/h9-11,13-14,16-17,19-20,22H,3-8,12,15,18H2,1-2H3. The average molecular weight is 327 g/mol. The van der Waals surface area contributed by atoms with Crippen LogP contribution in [0.15, 0.2) is 49.1 Å². The summed E-state index contributed by atoms with van der Waals surface area (Å²) in [6.07, 6.45) is 18.1. The lowest BCUT2D eigenvalue weighted by Gasteiger charge is -2.25. The zero-order chi connectivity index (χ0) is 17.0. The first kappa shape index (κ1) is 18.8. The highest BCUT2D eigenvalue weighted by Crippen LogP contribution is 2.27. The summed E-state index contributed by atoms with van der Waals surface area (Å²) in [5, 5.41) is 0. The van der Waals surface area contributed by atoms with Crippen LogP contribution >= 0.6 is 0 Å². The summed E-state index contributed by atoms with van der Waals surface area (Å²) in [6.45, 7) is 4.67. The Balaban J connectivity index is 1.82. The van der Waals surface area contributed by atoms with E-state index in [-0.39, 0.29) is 0 Å². The van der Waals surface area contributed by atoms with Crippen LogP contribution in [0.3, 0.4) is 0 Å². The molecule has 1 heterocycles. The number of benzene rings is 1. The Hall–Kier alpha value is -1.57. The van der Waals surface area contributed by atoms with E-state index in [2.05, 4.69) is 59.9 Å². The first-order chi connectivity index (χ1) is 11.8. The SMILES string of the molecule is CCCCCCCCCC(C(C)Cc1ccccc1)n1ccnc1. The normalized spacial score (nSPS) is 13.8. The van der Waals surface area contributed by atoms with Crippen LogP contribution < -0.4 is 0 Å². The minimum absolute atomic E-state index is 0.559. The molecular formula is C22H34N2. The third-order valence-electron chi connectivity index (χ3n) is 5.07. The van der Waals surface area contributed by atoms with E-state index in [9.17, 15) is 0 Å². The molecule has 0 N–H and O–H groups in total. The van der Waals surface area contributed by atoms with Gasteiger partial charge in [-0.05, 0) is 24.3 Å². The topological polar surface area (TPSA) is 17.8 Å². The van der Waals surface area contributed by atoms with Gasteiger partial charge in [0.1, 0.15) is 0 Å². The van der Waals surface area contributed by atoms with E-state index in [0.29, 0.717) is 12.0 Å². The van der Waals surface area contributed by atoms with Crippen molar-refractivity contribution in [3.8, 4) is 0 Å². The van der Waals surface area contributed by atoms with Gasteiger partial charge in [0.25, 0.3) is 0 Å². The third kappa shape index (κ3) is 6.51. The summed E-state index contributed by atoms with van der Waals surface area (Å²) in [6, 6.07) is 11.4. The quantitative estimate of drug-likeness (QED) is 0.410. The molecule has 0 bridgehead atoms. The predicted molar refractivity (Wildman–Crippen MR) is 103 cm³/mol. The molecule has 0 fully saturated rings. The van der Waals surface area contributed by atoms with E-state index < -0.39 is 0 Å². The third-order valence-corrected chi connectivity index (χ3v) is 5.07. The number of hydrogen-bond donors (Lipinski definition) is 0. The molecule has 0 saturated carbocycles. The van der Waals surface area contributed by atoms with Gasteiger partial charge in [0.15, 0.2) is 0 Å². The maximum absolute atomic E-state index is 4.27. The van der Waals surface area contributed by atoms with Crippen molar-refractivity contribution in [3.63, 3.8) is 0 Å². The van der Waals surface area contributed by atoms with Crippen LogP contribution in [-0.4, -0.2) is 9.55 Å². The lowest BCUT2D eigenvalue weighted by Crippen LogP contribution is -2.18. The van der Waals surface area contributed by atoms with E-state index in [0.717, 1.165) is 6.42 Å². The first-order valence-electron chi connectivity index (χ1n) is 9.82. The highest BCUT2D eigenvalue weighted by molar-refractivity contribution is 5.15. The van der Waals surface area contributed by atoms with Crippen molar-refractivity contribution in [1.82, 2.24) is 9.55 Å². The average Bonchev–Trinajstić information content (AvgIpc) is 3.12. The van der Waals surface area contributed by atoms with E-state index in [1.807, 2.05) is 12.5 Å². The van der Waals surface area contributed by atoms with Gasteiger partial charge in [0, 0.05) is 18.4 Å². The summed E-state index contributed by atoms with van der Waals surface area (Å²) in [7, 11) is 0. The van der Waals surface area contributed by atoms with Crippen molar-refractivity contribution >= 4 is 0 Å². The van der Waals surface area contributed by atoms with Gasteiger partial charge in [0.05, 0.1) is 6.33 Å². The second kappa shape index (κ2) is 11.1. The van der Waals surface area contributed by atoms with Gasteiger partial charge in [-0.2, -0.15) is 0 Å². The summed E-state index contributed by atoms with van der Waals surface area (Å²) < 4.78 is 2.32. The first-order valence-corrected chi connectivity index (χ1v) is 9.82. The molecule has 132 valence electrons. The smallest absolute Gasteiger partial charge is 0.0948 e. The summed E-state index contributed by atoms with van der Waals surface area (Å²) >= 11 is 0. The van der Waals surface area contributed by atoms with Crippen molar-refractivity contribution < 1.29 is 0 Å². The van der Waals surface area contributed by atoms with Crippen LogP contribution in [0, 0.1) is 5.92 Å². The molecule has 1 aromatic carbocycles. The summed E-state index contributed by atoms with van der Waals surface area (Å²) in [5.41, 5.74) is 1.44. The van der Waals surface area contributed by atoms with Gasteiger partial charge in [-0.1, -0.05) is 89.1 Å². The number of hydrogen-bond acceptors (Lipinski definition) is 1. The fourth-order valence-corrected chi connectivity index (χ4v) is 3.63. The molecule has 2 unspecified atom stereocenters. The van der Waals surface area contributed by atoms with Crippen LogP contribution in [0.1, 0.15) is 76.8 Å². The van der Waals surface area contributed by atoms with Crippen LogP contribution in [0.25, 0.3) is 0 Å². The minimum atomic E-state index is 0.559. The van der Waals surface area contributed by atoms with Gasteiger partial charge in [-0.25, -0.2) is 4.98 Å². The molecule has 0 aliphatic carbocycles. The molecule has 0 amide bonds. The van der Waals surface area contributed by atoms with Crippen LogP contribution in [0.5, 0.6) is 0 Å². The zero-order valence-electron chi connectivity index (χ0n) is 15.5. The van der Waals surface area contributed by atoms with E-state index >= 15 is 0 Å². The fourth-order valence-electron chi connectivity index (χ4n) is 3.63. The monoisotopic (exact) mass is 326 g/mol. The molecule has 0 radical (unpaired) electrons. The summed E-state index contributed by atoms with van der Waals surface area (Å²) in [4.78, 5) is 4.27. The number of imidazole rings is 1. The Kier molecular flexibility index (Phi) is 8.65. The lowest BCUT2D eigenvalue weighted by molar-refractivity contribution is 0.318. The molecular weight excluding hydrogens is 292 g/mol. The summed E-state index contributed by atoms with van der Waals surface area (Å²) in [5.74, 6) is 0.627. The molecule has 1 aromatic heterocycles. The predicted octanol–water partition coefficient (Wildman–Crippen LogP) is 6.44. The highest BCUT2D eigenvalue weighted by Gasteiger charge is 2.18. The fraction of sp³-hybridized carbons (Fsp3) is 0.591. The van der Waals surface area contributed by atoms with Crippen molar-refractivity contribution in [2.75, 3.05) is 0 Å². The van der Waals surface area contributed by atoms with Crippen molar-refractivity contribution in [2.45, 2.75) is 77.7 Å². The molecule has 0 spiro atoms. The molecule has 0 saturated heterocycles. The Morgan fingerprint density at radius 2 is 1.67 bits per heavy atom. The number of unbranched alkanes of at least 4 members (excludes halogenated alkanes) is 6. The van der Waals surface area contributed by atoms with Crippen LogP contribution in [0.4, 0.5) is 0 Å². The van der Waals surface area contributed by atoms with Gasteiger partial charge in [-0.3, -0.25) is 0 Å². The van der Waals surface area contributed by atoms with Gasteiger partial charge in [0.2, 0.25) is 0 Å².